The first-order valence-corrected chi connectivity index (χ1v) is 4.17. The first-order chi connectivity index (χ1) is 6.22. The average molecular weight is 186 g/mol. The third kappa shape index (κ3) is 5.90. The van der Waals surface area contributed by atoms with Crippen molar-refractivity contribution in [3.8, 4) is 0 Å². The molecule has 0 aliphatic rings. The third-order valence-corrected chi connectivity index (χ3v) is 1.23. The lowest BCUT2D eigenvalue weighted by molar-refractivity contribution is -0.167. The molecule has 0 fully saturated rings. The van der Waals surface area contributed by atoms with Gasteiger partial charge in [-0.3, -0.25) is 0 Å². The van der Waals surface area contributed by atoms with E-state index in [-0.39, 0.29) is 13.2 Å². The van der Waals surface area contributed by atoms with Gasteiger partial charge in [0.15, 0.2) is 0 Å². The van der Waals surface area contributed by atoms with Crippen molar-refractivity contribution in [3.05, 3.63) is 12.7 Å². The number of esters is 2. The van der Waals surface area contributed by atoms with Crippen molar-refractivity contribution in [1.29, 1.82) is 0 Å². The standard InChI is InChI=1S/C9H14O4/c1-3-5-7-13-9(11)8(10)12-6-4-2/h4H,2-3,5-7H2,1H3. The molecule has 0 N–H and O–H groups in total. The maximum absolute atomic E-state index is 10.8. The minimum atomic E-state index is -0.962. The average Bonchev–Trinajstić information content (AvgIpc) is 2.14. The molecule has 4 heteroatoms. The fraction of sp³-hybridized carbons (Fsp3) is 0.556. The Labute approximate surface area is 77.5 Å². The largest absolute Gasteiger partial charge is 0.457 e. The van der Waals surface area contributed by atoms with E-state index in [1.54, 1.807) is 0 Å². The van der Waals surface area contributed by atoms with Gasteiger partial charge in [-0.25, -0.2) is 9.59 Å². The second-order valence-corrected chi connectivity index (χ2v) is 2.38. The summed E-state index contributed by atoms with van der Waals surface area (Å²) in [5.41, 5.74) is 0. The zero-order chi connectivity index (χ0) is 10.1. The highest BCUT2D eigenvalue weighted by Crippen LogP contribution is 1.90. The zero-order valence-electron chi connectivity index (χ0n) is 7.75. The number of ether oxygens (including phenoxy) is 2. The van der Waals surface area contributed by atoms with Crippen LogP contribution in [-0.4, -0.2) is 25.2 Å². The highest BCUT2D eigenvalue weighted by Gasteiger charge is 2.15. The highest BCUT2D eigenvalue weighted by atomic mass is 16.6. The van der Waals surface area contributed by atoms with Crippen molar-refractivity contribution in [1.82, 2.24) is 0 Å². The molecule has 0 aliphatic heterocycles. The van der Waals surface area contributed by atoms with Gasteiger partial charge in [-0.15, -0.1) is 0 Å². The van der Waals surface area contributed by atoms with E-state index in [2.05, 4.69) is 16.1 Å². The summed E-state index contributed by atoms with van der Waals surface area (Å²) in [7, 11) is 0. The van der Waals surface area contributed by atoms with Crippen LogP contribution < -0.4 is 0 Å². The zero-order valence-corrected chi connectivity index (χ0v) is 7.75. The van der Waals surface area contributed by atoms with E-state index in [1.165, 1.54) is 6.08 Å². The molecule has 0 aromatic carbocycles. The molecule has 0 rings (SSSR count). The fourth-order valence-corrected chi connectivity index (χ4v) is 0.562. The molecule has 0 atom stereocenters. The van der Waals surface area contributed by atoms with Crippen LogP contribution in [0.1, 0.15) is 19.8 Å². The van der Waals surface area contributed by atoms with Gasteiger partial charge in [-0.2, -0.15) is 0 Å². The van der Waals surface area contributed by atoms with Gasteiger partial charge in [0.25, 0.3) is 0 Å². The Morgan fingerprint density at radius 1 is 1.31 bits per heavy atom. The van der Waals surface area contributed by atoms with Crippen LogP contribution in [0.2, 0.25) is 0 Å². The predicted octanol–water partition coefficient (Wildman–Crippen LogP) is 1.06. The fourth-order valence-electron chi connectivity index (χ4n) is 0.562. The number of carbonyl (C=O) groups is 2. The van der Waals surface area contributed by atoms with Crippen LogP contribution in [0.4, 0.5) is 0 Å². The molecule has 0 amide bonds. The number of rotatable bonds is 5. The number of hydrogen-bond donors (Lipinski definition) is 0. The Bertz CT molecular complexity index is 186. The molecule has 0 saturated carbocycles. The van der Waals surface area contributed by atoms with E-state index >= 15 is 0 Å². The maximum Gasteiger partial charge on any atom is 0.417 e. The molecule has 0 unspecified atom stereocenters. The Morgan fingerprint density at radius 3 is 2.46 bits per heavy atom. The molecule has 0 bridgehead atoms. The topological polar surface area (TPSA) is 52.6 Å². The second kappa shape index (κ2) is 7.34. The molecule has 0 spiro atoms. The van der Waals surface area contributed by atoms with Crippen LogP contribution in [0.15, 0.2) is 12.7 Å². The van der Waals surface area contributed by atoms with E-state index < -0.39 is 11.9 Å². The number of hydrogen-bond acceptors (Lipinski definition) is 4. The van der Waals surface area contributed by atoms with Crippen molar-refractivity contribution in [2.45, 2.75) is 19.8 Å². The Kier molecular flexibility index (Phi) is 6.59. The van der Waals surface area contributed by atoms with Gasteiger partial charge in [0, 0.05) is 0 Å². The first kappa shape index (κ1) is 11.7. The molecule has 0 radical (unpaired) electrons. The molecule has 0 saturated heterocycles. The minimum Gasteiger partial charge on any atom is -0.457 e. The summed E-state index contributed by atoms with van der Waals surface area (Å²) in [4.78, 5) is 21.5. The summed E-state index contributed by atoms with van der Waals surface area (Å²) in [5.74, 6) is -1.90. The molecule has 0 heterocycles. The Hall–Kier alpha value is -1.32. The van der Waals surface area contributed by atoms with Crippen LogP contribution in [0.3, 0.4) is 0 Å². The van der Waals surface area contributed by atoms with Crippen LogP contribution in [-0.2, 0) is 19.1 Å². The first-order valence-electron chi connectivity index (χ1n) is 4.17. The second-order valence-electron chi connectivity index (χ2n) is 2.38. The minimum absolute atomic E-state index is 0.0295. The summed E-state index contributed by atoms with van der Waals surface area (Å²) in [5, 5.41) is 0. The third-order valence-electron chi connectivity index (χ3n) is 1.23. The highest BCUT2D eigenvalue weighted by molar-refractivity contribution is 6.29. The molecule has 0 aromatic rings. The molecular formula is C9H14O4. The van der Waals surface area contributed by atoms with Crippen LogP contribution in [0.5, 0.6) is 0 Å². The quantitative estimate of drug-likeness (QED) is 0.279. The lowest BCUT2D eigenvalue weighted by Crippen LogP contribution is -2.20. The smallest absolute Gasteiger partial charge is 0.417 e. The van der Waals surface area contributed by atoms with Gasteiger partial charge in [0.1, 0.15) is 6.61 Å². The van der Waals surface area contributed by atoms with Crippen LogP contribution in [0, 0.1) is 0 Å². The van der Waals surface area contributed by atoms with E-state index in [1.807, 2.05) is 6.92 Å². The normalized spacial score (nSPS) is 9.00. The van der Waals surface area contributed by atoms with Gasteiger partial charge in [0.05, 0.1) is 6.61 Å². The van der Waals surface area contributed by atoms with E-state index in [4.69, 9.17) is 0 Å². The summed E-state index contributed by atoms with van der Waals surface area (Å²) >= 11 is 0. The molecular weight excluding hydrogens is 172 g/mol. The van der Waals surface area contributed by atoms with Gasteiger partial charge in [0.2, 0.25) is 0 Å². The van der Waals surface area contributed by atoms with Crippen molar-refractivity contribution in [2.24, 2.45) is 0 Å². The van der Waals surface area contributed by atoms with Crippen molar-refractivity contribution < 1.29 is 19.1 Å². The van der Waals surface area contributed by atoms with Gasteiger partial charge in [-0.05, 0) is 6.42 Å². The Morgan fingerprint density at radius 2 is 1.92 bits per heavy atom. The molecule has 4 nitrogen and oxygen atoms in total. The van der Waals surface area contributed by atoms with Crippen molar-refractivity contribution in [3.63, 3.8) is 0 Å². The van der Waals surface area contributed by atoms with Crippen molar-refractivity contribution in [2.75, 3.05) is 13.2 Å². The molecule has 13 heavy (non-hydrogen) atoms. The lowest BCUT2D eigenvalue weighted by Gasteiger charge is -2.02. The number of carbonyl (C=O) groups excluding carboxylic acids is 2. The number of unbranched alkanes of at least 4 members (excludes halogenated alkanes) is 1. The molecule has 0 aliphatic carbocycles. The predicted molar refractivity (Wildman–Crippen MR) is 47.0 cm³/mol. The van der Waals surface area contributed by atoms with Crippen LogP contribution >= 0.6 is 0 Å². The van der Waals surface area contributed by atoms with E-state index in [0.717, 1.165) is 12.8 Å². The molecule has 0 aromatic heterocycles. The lowest BCUT2D eigenvalue weighted by atomic mass is 10.4. The summed E-state index contributed by atoms with van der Waals surface area (Å²) in [6.07, 6.45) is 3.05. The Balaban J connectivity index is 3.57. The van der Waals surface area contributed by atoms with Crippen LogP contribution in [0.25, 0.3) is 0 Å². The van der Waals surface area contributed by atoms with E-state index in [9.17, 15) is 9.59 Å². The maximum atomic E-state index is 10.8. The van der Waals surface area contributed by atoms with E-state index in [0.29, 0.717) is 0 Å². The van der Waals surface area contributed by atoms with Crippen molar-refractivity contribution >= 4 is 11.9 Å². The SMILES string of the molecule is C=CCOC(=O)C(=O)OCCCC. The van der Waals surface area contributed by atoms with Gasteiger partial charge >= 0.3 is 11.9 Å². The van der Waals surface area contributed by atoms with Gasteiger partial charge < -0.3 is 9.47 Å². The monoisotopic (exact) mass is 186 g/mol. The summed E-state index contributed by atoms with van der Waals surface area (Å²) in [6.45, 7) is 5.59. The summed E-state index contributed by atoms with van der Waals surface area (Å²) < 4.78 is 9.05. The molecule has 74 valence electrons. The summed E-state index contributed by atoms with van der Waals surface area (Å²) in [6, 6.07) is 0. The van der Waals surface area contributed by atoms with Gasteiger partial charge in [-0.1, -0.05) is 26.0 Å².